The summed E-state index contributed by atoms with van der Waals surface area (Å²) in [6, 6.07) is 7.63. The van der Waals surface area contributed by atoms with Crippen LogP contribution in [0.5, 0.6) is 5.75 Å². The number of nitrogens with zero attached hydrogens (tertiary/aromatic N) is 1. The Balaban J connectivity index is 1.75. The zero-order chi connectivity index (χ0) is 14.4. The van der Waals surface area contributed by atoms with Crippen LogP contribution >= 0.6 is 0 Å². The van der Waals surface area contributed by atoms with Crippen molar-refractivity contribution < 1.29 is 9.53 Å². The van der Waals surface area contributed by atoms with Gasteiger partial charge in [-0.1, -0.05) is 24.6 Å². The van der Waals surface area contributed by atoms with Gasteiger partial charge in [0, 0.05) is 5.71 Å². The summed E-state index contributed by atoms with van der Waals surface area (Å²) in [5.74, 6) is 1.16. The van der Waals surface area contributed by atoms with E-state index >= 15 is 0 Å². The van der Waals surface area contributed by atoms with Gasteiger partial charge in [-0.05, 0) is 50.7 Å². The zero-order valence-electron chi connectivity index (χ0n) is 12.2. The molecule has 1 aliphatic carbocycles. The van der Waals surface area contributed by atoms with Crippen LogP contribution in [0.25, 0.3) is 0 Å². The van der Waals surface area contributed by atoms with Gasteiger partial charge in [-0.15, -0.1) is 0 Å². The highest BCUT2D eigenvalue weighted by molar-refractivity contribution is 5.87. The van der Waals surface area contributed by atoms with Gasteiger partial charge in [0.15, 0.2) is 6.61 Å². The van der Waals surface area contributed by atoms with E-state index in [-0.39, 0.29) is 12.5 Å². The van der Waals surface area contributed by atoms with Crippen molar-refractivity contribution in [3.8, 4) is 5.75 Å². The van der Waals surface area contributed by atoms with Gasteiger partial charge >= 0.3 is 0 Å². The Labute approximate surface area is 120 Å². The molecule has 1 saturated carbocycles. The molecule has 0 bridgehead atoms. The van der Waals surface area contributed by atoms with Gasteiger partial charge in [0.25, 0.3) is 5.91 Å². The number of carbonyl (C=O) groups excluding carboxylic acids is 1. The number of carbonyl (C=O) groups is 1. The van der Waals surface area contributed by atoms with E-state index in [1.807, 2.05) is 31.2 Å². The van der Waals surface area contributed by atoms with E-state index in [4.69, 9.17) is 4.74 Å². The van der Waals surface area contributed by atoms with E-state index < -0.39 is 0 Å². The van der Waals surface area contributed by atoms with Gasteiger partial charge in [0.1, 0.15) is 5.75 Å². The minimum atomic E-state index is -0.212. The molecule has 1 aromatic carbocycles. The summed E-state index contributed by atoms with van der Waals surface area (Å²) in [4.78, 5) is 11.7. The number of nitrogens with one attached hydrogen (secondary N) is 1. The van der Waals surface area contributed by atoms with Crippen LogP contribution in [-0.2, 0) is 4.79 Å². The van der Waals surface area contributed by atoms with Crippen molar-refractivity contribution in [2.24, 2.45) is 11.0 Å². The van der Waals surface area contributed by atoms with Crippen molar-refractivity contribution >= 4 is 11.6 Å². The molecular weight excluding hydrogens is 252 g/mol. The zero-order valence-corrected chi connectivity index (χ0v) is 12.2. The summed E-state index contributed by atoms with van der Waals surface area (Å²) < 4.78 is 5.40. The Morgan fingerprint density at radius 1 is 1.40 bits per heavy atom. The third-order valence-electron chi connectivity index (χ3n) is 3.48. The molecule has 0 heterocycles. The summed E-state index contributed by atoms with van der Waals surface area (Å²) in [5.41, 5.74) is 4.84. The van der Waals surface area contributed by atoms with Gasteiger partial charge in [-0.25, -0.2) is 5.43 Å². The van der Waals surface area contributed by atoms with Crippen molar-refractivity contribution in [1.29, 1.82) is 0 Å². The fourth-order valence-corrected chi connectivity index (χ4v) is 2.32. The van der Waals surface area contributed by atoms with Gasteiger partial charge in [-0.2, -0.15) is 5.10 Å². The minimum Gasteiger partial charge on any atom is -0.484 e. The first-order chi connectivity index (χ1) is 9.63. The van der Waals surface area contributed by atoms with Crippen molar-refractivity contribution in [3.63, 3.8) is 0 Å². The Morgan fingerprint density at radius 2 is 2.15 bits per heavy atom. The molecule has 0 saturated heterocycles. The molecule has 1 aromatic rings. The summed E-state index contributed by atoms with van der Waals surface area (Å²) in [7, 11) is 0. The van der Waals surface area contributed by atoms with E-state index in [0.29, 0.717) is 11.7 Å². The van der Waals surface area contributed by atoms with Crippen molar-refractivity contribution in [1.82, 2.24) is 5.43 Å². The first kappa shape index (κ1) is 14.6. The lowest BCUT2D eigenvalue weighted by molar-refractivity contribution is -0.123. The Morgan fingerprint density at radius 3 is 2.85 bits per heavy atom. The maximum absolute atomic E-state index is 11.7. The van der Waals surface area contributed by atoms with Crippen molar-refractivity contribution in [2.75, 3.05) is 6.61 Å². The molecule has 4 nitrogen and oxygen atoms in total. The molecule has 1 aliphatic rings. The molecule has 0 aliphatic heterocycles. The van der Waals surface area contributed by atoms with E-state index in [2.05, 4.69) is 17.5 Å². The first-order valence-corrected chi connectivity index (χ1v) is 7.17. The monoisotopic (exact) mass is 274 g/mol. The molecule has 0 radical (unpaired) electrons. The van der Waals surface area contributed by atoms with Gasteiger partial charge < -0.3 is 4.74 Å². The van der Waals surface area contributed by atoms with Crippen LogP contribution in [0.4, 0.5) is 0 Å². The molecule has 2 rings (SSSR count). The number of hydrogen-bond donors (Lipinski definition) is 1. The number of hydrogen-bond acceptors (Lipinski definition) is 3. The lowest BCUT2D eigenvalue weighted by atomic mass is 9.89. The van der Waals surface area contributed by atoms with E-state index in [1.54, 1.807) is 0 Å². The highest BCUT2D eigenvalue weighted by atomic mass is 16.5. The van der Waals surface area contributed by atoms with Crippen molar-refractivity contribution in [2.45, 2.75) is 39.5 Å². The molecular formula is C16H22N2O2. The average molecular weight is 274 g/mol. The highest BCUT2D eigenvalue weighted by Gasteiger charge is 2.14. The molecule has 1 amide bonds. The van der Waals surface area contributed by atoms with Crippen LogP contribution in [0.3, 0.4) is 0 Å². The summed E-state index contributed by atoms with van der Waals surface area (Å²) in [6.07, 6.45) is 4.39. The molecule has 1 fully saturated rings. The van der Waals surface area contributed by atoms with Crippen molar-refractivity contribution in [3.05, 3.63) is 29.8 Å². The predicted molar refractivity (Wildman–Crippen MR) is 79.9 cm³/mol. The largest absolute Gasteiger partial charge is 0.484 e. The third-order valence-corrected chi connectivity index (χ3v) is 3.48. The number of amides is 1. The number of hydrazone groups is 1. The molecule has 20 heavy (non-hydrogen) atoms. The molecule has 1 unspecified atom stereocenters. The second kappa shape index (κ2) is 7.08. The van der Waals surface area contributed by atoms with Crippen LogP contribution < -0.4 is 10.2 Å². The molecule has 0 aromatic heterocycles. The molecule has 4 heteroatoms. The molecule has 1 atom stereocenters. The van der Waals surface area contributed by atoms with Gasteiger partial charge in [-0.3, -0.25) is 4.79 Å². The average Bonchev–Trinajstić information content (AvgIpc) is 2.45. The molecule has 0 spiro atoms. The van der Waals surface area contributed by atoms with Crippen LogP contribution in [0.2, 0.25) is 0 Å². The van der Waals surface area contributed by atoms with E-state index in [1.165, 1.54) is 12.0 Å². The Hall–Kier alpha value is -1.84. The highest BCUT2D eigenvalue weighted by Crippen LogP contribution is 2.20. The number of aryl methyl sites for hydroxylation is 1. The topological polar surface area (TPSA) is 50.7 Å². The standard InChI is InChI=1S/C16H22N2O2/c1-12-6-8-15(9-7-12)20-11-16(19)18-17-14-5-3-4-13(2)10-14/h6-9,13H,3-5,10-11H2,1-2H3,(H,18,19)/b17-14+. The second-order valence-electron chi connectivity index (χ2n) is 5.52. The SMILES string of the molecule is Cc1ccc(OCC(=O)N/N=C2\CCCC(C)C2)cc1. The number of ether oxygens (including phenoxy) is 1. The summed E-state index contributed by atoms with van der Waals surface area (Å²) in [6.45, 7) is 4.23. The van der Waals surface area contributed by atoms with Crippen LogP contribution in [0.1, 0.15) is 38.2 Å². The normalized spacial score (nSPS) is 20.7. The second-order valence-corrected chi connectivity index (χ2v) is 5.52. The Bertz CT molecular complexity index is 480. The lowest BCUT2D eigenvalue weighted by Crippen LogP contribution is -2.27. The first-order valence-electron chi connectivity index (χ1n) is 7.17. The predicted octanol–water partition coefficient (Wildman–Crippen LogP) is 3.06. The van der Waals surface area contributed by atoms with E-state index in [0.717, 1.165) is 25.0 Å². The maximum Gasteiger partial charge on any atom is 0.277 e. The number of rotatable bonds is 4. The van der Waals surface area contributed by atoms with Crippen LogP contribution in [-0.4, -0.2) is 18.2 Å². The lowest BCUT2D eigenvalue weighted by Gasteiger charge is -2.18. The van der Waals surface area contributed by atoms with E-state index in [9.17, 15) is 4.79 Å². The van der Waals surface area contributed by atoms with Crippen LogP contribution in [0.15, 0.2) is 29.4 Å². The minimum absolute atomic E-state index is 0.00457. The quantitative estimate of drug-likeness (QED) is 0.858. The summed E-state index contributed by atoms with van der Waals surface area (Å²) in [5, 5.41) is 4.20. The van der Waals surface area contributed by atoms with Crippen LogP contribution in [0, 0.1) is 12.8 Å². The third kappa shape index (κ3) is 4.68. The van der Waals surface area contributed by atoms with Gasteiger partial charge in [0.05, 0.1) is 0 Å². The fraction of sp³-hybridized carbons (Fsp3) is 0.500. The fourth-order valence-electron chi connectivity index (χ4n) is 2.32. The molecule has 108 valence electrons. The molecule has 1 N–H and O–H groups in total. The summed E-state index contributed by atoms with van der Waals surface area (Å²) >= 11 is 0. The Kier molecular flexibility index (Phi) is 5.16. The maximum atomic E-state index is 11.7. The number of benzene rings is 1. The smallest absolute Gasteiger partial charge is 0.277 e. The van der Waals surface area contributed by atoms with Gasteiger partial charge in [0.2, 0.25) is 0 Å².